The molecule has 0 spiro atoms. The van der Waals surface area contributed by atoms with Crippen LogP contribution < -0.4 is 5.73 Å². The molecule has 1 heterocycles. The summed E-state index contributed by atoms with van der Waals surface area (Å²) < 4.78 is 31.7. The predicted octanol–water partition coefficient (Wildman–Crippen LogP) is 3.69. The highest BCUT2D eigenvalue weighted by molar-refractivity contribution is 9.10. The molecule has 1 aromatic heterocycles. The first-order valence-corrected chi connectivity index (χ1v) is 7.48. The average Bonchev–Trinajstić information content (AvgIpc) is 2.92. The highest BCUT2D eigenvalue weighted by Gasteiger charge is 2.17. The normalized spacial score (nSPS) is 12.6. The third-order valence-electron chi connectivity index (χ3n) is 3.25. The Kier molecular flexibility index (Phi) is 5.41. The molecular weight excluding hydrogens is 344 g/mol. The van der Waals surface area contributed by atoms with Gasteiger partial charge in [-0.1, -0.05) is 12.1 Å². The van der Waals surface area contributed by atoms with E-state index in [1.165, 1.54) is 6.07 Å². The molecule has 2 rings (SSSR count). The molecule has 1 unspecified atom stereocenters. The fraction of sp³-hybridized carbons (Fsp3) is 0.429. The summed E-state index contributed by atoms with van der Waals surface area (Å²) in [6.45, 7) is 2.76. The number of hydrogen-bond donors (Lipinski definition) is 1. The zero-order valence-corrected chi connectivity index (χ0v) is 13.2. The van der Waals surface area contributed by atoms with Crippen molar-refractivity contribution >= 4 is 15.9 Å². The number of aryl methyl sites for hydroxylation is 1. The molecule has 0 fully saturated rings. The van der Waals surface area contributed by atoms with Crippen molar-refractivity contribution < 1.29 is 13.3 Å². The lowest BCUT2D eigenvalue weighted by Gasteiger charge is -2.06. The quantitative estimate of drug-likeness (QED) is 0.798. The van der Waals surface area contributed by atoms with Gasteiger partial charge in [0.15, 0.2) is 11.6 Å². The van der Waals surface area contributed by atoms with Crippen LogP contribution in [0.3, 0.4) is 0 Å². The summed E-state index contributed by atoms with van der Waals surface area (Å²) >= 11 is 3.01. The van der Waals surface area contributed by atoms with Gasteiger partial charge in [-0.25, -0.2) is 8.78 Å². The summed E-state index contributed by atoms with van der Waals surface area (Å²) in [5.74, 6) is -0.700. The van der Waals surface area contributed by atoms with Gasteiger partial charge in [0, 0.05) is 12.0 Å². The molecule has 1 atom stereocenters. The van der Waals surface area contributed by atoms with E-state index >= 15 is 0 Å². The van der Waals surface area contributed by atoms with Crippen LogP contribution in [0.1, 0.15) is 25.7 Å². The van der Waals surface area contributed by atoms with Gasteiger partial charge in [-0.2, -0.15) is 4.98 Å². The Morgan fingerprint density at radius 3 is 2.81 bits per heavy atom. The maximum atomic E-state index is 13.5. The second-order valence-corrected chi connectivity index (χ2v) is 5.75. The van der Waals surface area contributed by atoms with Crippen molar-refractivity contribution in [2.45, 2.75) is 26.2 Å². The van der Waals surface area contributed by atoms with Crippen molar-refractivity contribution in [2.75, 3.05) is 6.54 Å². The Morgan fingerprint density at radius 2 is 2.10 bits per heavy atom. The Morgan fingerprint density at radius 1 is 1.33 bits per heavy atom. The van der Waals surface area contributed by atoms with Crippen LogP contribution in [0.15, 0.2) is 21.1 Å². The van der Waals surface area contributed by atoms with E-state index in [1.54, 1.807) is 0 Å². The van der Waals surface area contributed by atoms with Crippen LogP contribution in [0.2, 0.25) is 0 Å². The van der Waals surface area contributed by atoms with Gasteiger partial charge in [0.25, 0.3) is 0 Å². The topological polar surface area (TPSA) is 64.9 Å². The fourth-order valence-electron chi connectivity index (χ4n) is 1.96. The van der Waals surface area contributed by atoms with Crippen molar-refractivity contribution in [3.05, 3.63) is 34.1 Å². The molecular formula is C14H16BrF2N3O. The summed E-state index contributed by atoms with van der Waals surface area (Å²) in [7, 11) is 0. The molecule has 0 radical (unpaired) electrons. The standard InChI is InChI=1S/C14H16BrF2N3O/c1-8(6-7-18)2-5-11-19-14(20-21-11)9-3-4-10(16)13(17)12(9)15/h3-4,8H,2,5-7,18H2,1H3. The second-order valence-electron chi connectivity index (χ2n) is 4.96. The van der Waals surface area contributed by atoms with Crippen LogP contribution >= 0.6 is 15.9 Å². The van der Waals surface area contributed by atoms with E-state index in [4.69, 9.17) is 10.3 Å². The second kappa shape index (κ2) is 7.09. The fourth-order valence-corrected chi connectivity index (χ4v) is 2.46. The lowest BCUT2D eigenvalue weighted by molar-refractivity contribution is 0.362. The van der Waals surface area contributed by atoms with Gasteiger partial charge in [-0.3, -0.25) is 0 Å². The largest absolute Gasteiger partial charge is 0.339 e. The van der Waals surface area contributed by atoms with Gasteiger partial charge in [-0.05, 0) is 53.4 Å². The Hall–Kier alpha value is -1.34. The first-order valence-electron chi connectivity index (χ1n) is 6.69. The van der Waals surface area contributed by atoms with Crippen molar-refractivity contribution in [3.63, 3.8) is 0 Å². The molecule has 1 aromatic carbocycles. The monoisotopic (exact) mass is 359 g/mol. The number of nitrogens with two attached hydrogens (primary N) is 1. The van der Waals surface area contributed by atoms with Gasteiger partial charge in [0.05, 0.1) is 4.47 Å². The lowest BCUT2D eigenvalue weighted by atomic mass is 10.0. The number of halogens is 3. The van der Waals surface area contributed by atoms with Gasteiger partial charge in [-0.15, -0.1) is 0 Å². The van der Waals surface area contributed by atoms with Crippen LogP contribution in [0.25, 0.3) is 11.4 Å². The molecule has 0 aliphatic rings. The highest BCUT2D eigenvalue weighted by atomic mass is 79.9. The molecule has 4 nitrogen and oxygen atoms in total. The van der Waals surface area contributed by atoms with E-state index in [-0.39, 0.29) is 10.3 Å². The third-order valence-corrected chi connectivity index (χ3v) is 4.03. The van der Waals surface area contributed by atoms with Gasteiger partial charge in [0.2, 0.25) is 11.7 Å². The first kappa shape index (κ1) is 16.0. The Balaban J connectivity index is 2.11. The Bertz CT molecular complexity index is 618. The number of aromatic nitrogens is 2. The van der Waals surface area contributed by atoms with E-state index in [0.29, 0.717) is 30.3 Å². The van der Waals surface area contributed by atoms with E-state index in [0.717, 1.165) is 18.9 Å². The minimum absolute atomic E-state index is 0.00801. The summed E-state index contributed by atoms with van der Waals surface area (Å²) in [5.41, 5.74) is 5.86. The predicted molar refractivity (Wildman–Crippen MR) is 78.5 cm³/mol. The molecule has 0 saturated heterocycles. The minimum atomic E-state index is -0.963. The van der Waals surface area contributed by atoms with Crippen LogP contribution in [-0.4, -0.2) is 16.7 Å². The van der Waals surface area contributed by atoms with Crippen molar-refractivity contribution in [1.29, 1.82) is 0 Å². The SMILES string of the molecule is CC(CCN)CCc1nc(-c2ccc(F)c(F)c2Br)no1. The number of benzene rings is 1. The molecule has 2 N–H and O–H groups in total. The number of nitrogens with zero attached hydrogens (tertiary/aromatic N) is 2. The molecule has 114 valence electrons. The number of rotatable bonds is 6. The van der Waals surface area contributed by atoms with Crippen molar-refractivity contribution in [2.24, 2.45) is 11.7 Å². The highest BCUT2D eigenvalue weighted by Crippen LogP contribution is 2.30. The third kappa shape index (κ3) is 3.85. The molecule has 21 heavy (non-hydrogen) atoms. The average molecular weight is 360 g/mol. The van der Waals surface area contributed by atoms with Crippen LogP contribution in [0.5, 0.6) is 0 Å². The van der Waals surface area contributed by atoms with Gasteiger partial charge < -0.3 is 10.3 Å². The molecule has 0 saturated carbocycles. The van der Waals surface area contributed by atoms with E-state index in [2.05, 4.69) is 33.0 Å². The van der Waals surface area contributed by atoms with Gasteiger partial charge in [0.1, 0.15) is 0 Å². The van der Waals surface area contributed by atoms with Crippen LogP contribution in [-0.2, 0) is 6.42 Å². The van der Waals surface area contributed by atoms with Gasteiger partial charge >= 0.3 is 0 Å². The van der Waals surface area contributed by atoms with Crippen LogP contribution in [0.4, 0.5) is 8.78 Å². The van der Waals surface area contributed by atoms with Crippen LogP contribution in [0, 0.1) is 17.6 Å². The number of hydrogen-bond acceptors (Lipinski definition) is 4. The zero-order valence-electron chi connectivity index (χ0n) is 11.6. The summed E-state index contributed by atoms with van der Waals surface area (Å²) in [6, 6.07) is 2.45. The van der Waals surface area contributed by atoms with E-state index in [1.807, 2.05) is 0 Å². The molecule has 0 amide bonds. The molecule has 0 aliphatic carbocycles. The van der Waals surface area contributed by atoms with Crippen molar-refractivity contribution in [3.8, 4) is 11.4 Å². The maximum absolute atomic E-state index is 13.5. The molecule has 0 aliphatic heterocycles. The summed E-state index contributed by atoms with van der Waals surface area (Å²) in [4.78, 5) is 4.22. The van der Waals surface area contributed by atoms with E-state index in [9.17, 15) is 8.78 Å². The lowest BCUT2D eigenvalue weighted by Crippen LogP contribution is -2.06. The first-order chi connectivity index (χ1) is 10.0. The molecule has 7 heteroatoms. The smallest absolute Gasteiger partial charge is 0.226 e. The zero-order chi connectivity index (χ0) is 15.4. The molecule has 0 bridgehead atoms. The van der Waals surface area contributed by atoms with E-state index < -0.39 is 11.6 Å². The Labute approximate surface area is 129 Å². The van der Waals surface area contributed by atoms with Crippen molar-refractivity contribution in [1.82, 2.24) is 10.1 Å². The molecule has 2 aromatic rings. The maximum Gasteiger partial charge on any atom is 0.226 e. The summed E-state index contributed by atoms with van der Waals surface area (Å²) in [6.07, 6.45) is 2.46. The summed E-state index contributed by atoms with van der Waals surface area (Å²) in [5, 5.41) is 3.81. The minimum Gasteiger partial charge on any atom is -0.339 e.